The lowest BCUT2D eigenvalue weighted by atomic mass is 10.0. The van der Waals surface area contributed by atoms with Gasteiger partial charge in [-0.3, -0.25) is 0 Å². The molecule has 0 saturated carbocycles. The fourth-order valence-electron chi connectivity index (χ4n) is 3.52. The smallest absolute Gasteiger partial charge is 0.327 e. The molecular formula is C22H40O4. The van der Waals surface area contributed by atoms with Gasteiger partial charge in [-0.2, -0.15) is 0 Å². The highest BCUT2D eigenvalue weighted by Gasteiger charge is 2.42. The summed E-state index contributed by atoms with van der Waals surface area (Å²) in [4.78, 5) is 10.3. The van der Waals surface area contributed by atoms with E-state index in [2.05, 4.69) is 6.92 Å². The van der Waals surface area contributed by atoms with Gasteiger partial charge in [0.15, 0.2) is 0 Å². The first-order chi connectivity index (χ1) is 12.6. The van der Waals surface area contributed by atoms with Crippen LogP contribution >= 0.6 is 0 Å². The van der Waals surface area contributed by atoms with Crippen LogP contribution in [0.2, 0.25) is 0 Å². The minimum absolute atomic E-state index is 0.122. The number of unbranched alkanes of at least 4 members (excludes halogenated alkanes) is 11. The lowest BCUT2D eigenvalue weighted by Gasteiger charge is -2.06. The number of carbonyl (C=O) groups is 1. The van der Waals surface area contributed by atoms with Crippen LogP contribution in [-0.2, 0) is 9.53 Å². The van der Waals surface area contributed by atoms with Gasteiger partial charge in [0, 0.05) is 6.08 Å². The number of ether oxygens (including phenoxy) is 1. The van der Waals surface area contributed by atoms with Crippen molar-refractivity contribution in [2.45, 2.75) is 122 Å². The van der Waals surface area contributed by atoms with Gasteiger partial charge in [0.05, 0.1) is 12.2 Å². The van der Waals surface area contributed by atoms with Crippen LogP contribution in [-0.4, -0.2) is 34.5 Å². The van der Waals surface area contributed by atoms with E-state index in [1.54, 1.807) is 6.08 Å². The van der Waals surface area contributed by atoms with E-state index in [-0.39, 0.29) is 12.2 Å². The Morgan fingerprint density at radius 2 is 1.58 bits per heavy atom. The topological polar surface area (TPSA) is 70.1 Å². The van der Waals surface area contributed by atoms with Crippen LogP contribution in [0, 0.1) is 0 Å². The molecule has 3 unspecified atom stereocenters. The zero-order valence-electron chi connectivity index (χ0n) is 16.7. The zero-order chi connectivity index (χ0) is 19.0. The van der Waals surface area contributed by atoms with Crippen LogP contribution in [0.4, 0.5) is 0 Å². The molecule has 0 aliphatic carbocycles. The van der Waals surface area contributed by atoms with Gasteiger partial charge < -0.3 is 14.9 Å². The first-order valence-electron chi connectivity index (χ1n) is 10.9. The molecule has 1 fully saturated rings. The highest BCUT2D eigenvalue weighted by atomic mass is 16.6. The molecule has 0 amide bonds. The van der Waals surface area contributed by atoms with Gasteiger partial charge in [-0.25, -0.2) is 4.79 Å². The van der Waals surface area contributed by atoms with E-state index in [4.69, 9.17) is 9.84 Å². The molecule has 0 aromatic rings. The maximum absolute atomic E-state index is 10.3. The monoisotopic (exact) mass is 368 g/mol. The Bertz CT molecular complexity index is 380. The number of aliphatic carboxylic acids is 1. The molecule has 4 heteroatoms. The van der Waals surface area contributed by atoms with Crippen LogP contribution in [0.25, 0.3) is 0 Å². The average molecular weight is 369 g/mol. The van der Waals surface area contributed by atoms with Gasteiger partial charge in [-0.05, 0) is 25.7 Å². The standard InChI is InChI=1S/C22H40O4/c1-2-3-13-16-19(23)22-20(26-22)17-14-11-9-7-5-4-6-8-10-12-15-18-21(24)25/h15,18-20,22-23H,2-14,16-17H2,1H3,(H,24,25). The number of hydrogen-bond acceptors (Lipinski definition) is 3. The van der Waals surface area contributed by atoms with Crippen LogP contribution in [0.15, 0.2) is 12.2 Å². The van der Waals surface area contributed by atoms with Gasteiger partial charge in [-0.1, -0.05) is 83.6 Å². The number of epoxide rings is 1. The van der Waals surface area contributed by atoms with Gasteiger partial charge in [0.2, 0.25) is 0 Å². The third kappa shape index (κ3) is 12.5. The molecule has 0 aromatic carbocycles. The van der Waals surface area contributed by atoms with E-state index in [0.29, 0.717) is 6.10 Å². The van der Waals surface area contributed by atoms with Crippen LogP contribution in [0.3, 0.4) is 0 Å². The third-order valence-electron chi connectivity index (χ3n) is 5.22. The largest absolute Gasteiger partial charge is 0.478 e. The molecule has 152 valence electrons. The molecule has 1 heterocycles. The summed E-state index contributed by atoms with van der Waals surface area (Å²) in [6.07, 6.45) is 20.9. The number of carboxylic acid groups (broad SMARTS) is 1. The van der Waals surface area contributed by atoms with E-state index < -0.39 is 5.97 Å². The minimum Gasteiger partial charge on any atom is -0.478 e. The van der Waals surface area contributed by atoms with Crippen molar-refractivity contribution in [3.8, 4) is 0 Å². The SMILES string of the molecule is CCCCCC(O)C1OC1CCCCCCCCCCCC=CC(=O)O. The fraction of sp³-hybridized carbons (Fsp3) is 0.864. The fourth-order valence-corrected chi connectivity index (χ4v) is 3.52. The van der Waals surface area contributed by atoms with E-state index in [9.17, 15) is 9.90 Å². The van der Waals surface area contributed by atoms with Gasteiger partial charge in [0.25, 0.3) is 0 Å². The molecule has 0 radical (unpaired) electrons. The first-order valence-corrected chi connectivity index (χ1v) is 10.9. The van der Waals surface area contributed by atoms with Gasteiger partial charge >= 0.3 is 5.97 Å². The second-order valence-electron chi connectivity index (χ2n) is 7.70. The highest BCUT2D eigenvalue weighted by Crippen LogP contribution is 2.32. The summed E-state index contributed by atoms with van der Waals surface area (Å²) in [6.45, 7) is 2.19. The number of hydrogen-bond donors (Lipinski definition) is 2. The second-order valence-corrected chi connectivity index (χ2v) is 7.70. The molecule has 3 atom stereocenters. The maximum atomic E-state index is 10.3. The summed E-state index contributed by atoms with van der Waals surface area (Å²) >= 11 is 0. The Balaban J connectivity index is 1.78. The van der Waals surface area contributed by atoms with Crippen LogP contribution < -0.4 is 0 Å². The number of aliphatic hydroxyl groups is 1. The van der Waals surface area contributed by atoms with Crippen LogP contribution in [0.1, 0.15) is 103 Å². The van der Waals surface area contributed by atoms with Crippen molar-refractivity contribution in [3.05, 3.63) is 12.2 Å². The lowest BCUT2D eigenvalue weighted by Crippen LogP contribution is -2.16. The van der Waals surface area contributed by atoms with Gasteiger partial charge in [-0.15, -0.1) is 0 Å². The van der Waals surface area contributed by atoms with E-state index >= 15 is 0 Å². The molecule has 1 aliphatic rings. The molecule has 1 rings (SSSR count). The normalized spacial score (nSPS) is 20.5. The molecule has 0 bridgehead atoms. The van der Waals surface area contributed by atoms with Crippen molar-refractivity contribution >= 4 is 5.97 Å². The lowest BCUT2D eigenvalue weighted by molar-refractivity contribution is -0.131. The maximum Gasteiger partial charge on any atom is 0.327 e. The van der Waals surface area contributed by atoms with Crippen molar-refractivity contribution in [1.29, 1.82) is 0 Å². The Morgan fingerprint density at radius 1 is 0.962 bits per heavy atom. The van der Waals surface area contributed by atoms with Crippen LogP contribution in [0.5, 0.6) is 0 Å². The third-order valence-corrected chi connectivity index (χ3v) is 5.22. The summed E-state index contributed by atoms with van der Waals surface area (Å²) in [7, 11) is 0. The Hall–Kier alpha value is -0.870. The Morgan fingerprint density at radius 3 is 2.19 bits per heavy atom. The summed E-state index contributed by atoms with van der Waals surface area (Å²) in [5.41, 5.74) is 0. The number of aliphatic hydroxyl groups excluding tert-OH is 1. The summed E-state index contributed by atoms with van der Waals surface area (Å²) in [5.74, 6) is -0.850. The number of carboxylic acids is 1. The molecular weight excluding hydrogens is 328 g/mol. The predicted molar refractivity (Wildman–Crippen MR) is 106 cm³/mol. The molecule has 2 N–H and O–H groups in total. The van der Waals surface area contributed by atoms with Crippen molar-refractivity contribution in [2.75, 3.05) is 0 Å². The average Bonchev–Trinajstić information content (AvgIpc) is 3.38. The van der Waals surface area contributed by atoms with E-state index in [1.165, 1.54) is 70.3 Å². The molecule has 0 aromatic heterocycles. The Labute approximate surface area is 160 Å². The molecule has 0 spiro atoms. The highest BCUT2D eigenvalue weighted by molar-refractivity contribution is 5.79. The molecule has 1 aliphatic heterocycles. The summed E-state index contributed by atoms with van der Waals surface area (Å²) in [6, 6.07) is 0. The summed E-state index contributed by atoms with van der Waals surface area (Å²) in [5, 5.41) is 18.5. The van der Waals surface area contributed by atoms with Crippen molar-refractivity contribution in [2.24, 2.45) is 0 Å². The number of allylic oxidation sites excluding steroid dienone is 1. The molecule has 1 saturated heterocycles. The zero-order valence-corrected chi connectivity index (χ0v) is 16.7. The summed E-state index contributed by atoms with van der Waals surface area (Å²) < 4.78 is 5.64. The molecule has 26 heavy (non-hydrogen) atoms. The van der Waals surface area contributed by atoms with Crippen molar-refractivity contribution < 1.29 is 19.7 Å². The van der Waals surface area contributed by atoms with Gasteiger partial charge in [0.1, 0.15) is 6.10 Å². The predicted octanol–water partition coefficient (Wildman–Crippen LogP) is 5.63. The minimum atomic E-state index is -0.850. The Kier molecular flexibility index (Phi) is 13.6. The second kappa shape index (κ2) is 15.2. The van der Waals surface area contributed by atoms with Crippen molar-refractivity contribution in [3.63, 3.8) is 0 Å². The first kappa shape index (κ1) is 23.2. The number of rotatable bonds is 18. The van der Waals surface area contributed by atoms with Crippen molar-refractivity contribution in [1.82, 2.24) is 0 Å². The molecule has 4 nitrogen and oxygen atoms in total. The van der Waals surface area contributed by atoms with E-state index in [1.807, 2.05) is 0 Å². The van der Waals surface area contributed by atoms with E-state index in [0.717, 1.165) is 32.1 Å². The quantitative estimate of drug-likeness (QED) is 0.187.